The van der Waals surface area contributed by atoms with E-state index in [4.69, 9.17) is 0 Å². The van der Waals surface area contributed by atoms with Gasteiger partial charge in [-0.15, -0.1) is 0 Å². The molecule has 0 heterocycles. The predicted octanol–water partition coefficient (Wildman–Crippen LogP) is 3.59. The molecule has 0 bridgehead atoms. The average Bonchev–Trinajstić information content (AvgIpc) is 2.25. The fourth-order valence-electron chi connectivity index (χ4n) is 2.54. The molecule has 0 radical (unpaired) electrons. The fraction of sp³-hybridized carbons (Fsp3) is 1.00. The Morgan fingerprint density at radius 3 is 2.14 bits per heavy atom. The Morgan fingerprint density at radius 2 is 1.57 bits per heavy atom. The van der Waals surface area contributed by atoms with Crippen LogP contribution in [0.1, 0.15) is 58.8 Å². The third kappa shape index (κ3) is 4.45. The lowest BCUT2D eigenvalue weighted by atomic mass is 9.79. The minimum atomic E-state index is 1.03. The van der Waals surface area contributed by atoms with E-state index < -0.39 is 0 Å². The highest BCUT2D eigenvalue weighted by Crippen LogP contribution is 2.31. The first-order valence-corrected chi connectivity index (χ1v) is 6.57. The van der Waals surface area contributed by atoms with Gasteiger partial charge in [0.2, 0.25) is 0 Å². The van der Waals surface area contributed by atoms with E-state index in [0.717, 1.165) is 11.8 Å². The first-order valence-electron chi connectivity index (χ1n) is 6.57. The van der Waals surface area contributed by atoms with Crippen LogP contribution in [-0.2, 0) is 0 Å². The van der Waals surface area contributed by atoms with Crippen molar-refractivity contribution >= 4 is 0 Å². The van der Waals surface area contributed by atoms with Gasteiger partial charge in [-0.1, -0.05) is 46.0 Å². The van der Waals surface area contributed by atoms with Gasteiger partial charge in [0.15, 0.2) is 0 Å². The Hall–Kier alpha value is -0.0400. The van der Waals surface area contributed by atoms with Crippen LogP contribution in [0, 0.1) is 11.8 Å². The largest absolute Gasteiger partial charge is 0.317 e. The summed E-state index contributed by atoms with van der Waals surface area (Å²) in [6.45, 7) is 7.02. The summed E-state index contributed by atoms with van der Waals surface area (Å²) in [5.41, 5.74) is 0. The van der Waals surface area contributed by atoms with Gasteiger partial charge < -0.3 is 5.32 Å². The highest BCUT2D eigenvalue weighted by Gasteiger charge is 2.19. The van der Waals surface area contributed by atoms with Gasteiger partial charge in [0.05, 0.1) is 0 Å². The summed E-state index contributed by atoms with van der Waals surface area (Å²) in [5.74, 6) is 2.08. The fourth-order valence-corrected chi connectivity index (χ4v) is 2.54. The first-order chi connectivity index (χ1) is 6.86. The molecule has 84 valence electrons. The Morgan fingerprint density at radius 1 is 0.929 bits per heavy atom. The Bertz CT molecular complexity index is 125. The van der Waals surface area contributed by atoms with E-state index >= 15 is 0 Å². The van der Waals surface area contributed by atoms with Gasteiger partial charge in [-0.2, -0.15) is 0 Å². The molecule has 1 heteroatoms. The van der Waals surface area contributed by atoms with Crippen molar-refractivity contribution in [3.63, 3.8) is 0 Å². The molecule has 1 fully saturated rings. The third-order valence-corrected chi connectivity index (χ3v) is 3.70. The Balaban J connectivity index is 1.98. The van der Waals surface area contributed by atoms with E-state index in [-0.39, 0.29) is 0 Å². The van der Waals surface area contributed by atoms with Crippen LogP contribution in [0.25, 0.3) is 0 Å². The minimum absolute atomic E-state index is 1.03. The Labute approximate surface area is 89.7 Å². The highest BCUT2D eigenvalue weighted by atomic mass is 14.8. The van der Waals surface area contributed by atoms with E-state index in [2.05, 4.69) is 19.2 Å². The maximum atomic E-state index is 3.51. The summed E-state index contributed by atoms with van der Waals surface area (Å²) >= 11 is 0. The van der Waals surface area contributed by atoms with Crippen molar-refractivity contribution in [3.05, 3.63) is 0 Å². The molecular formula is C13H27N. The molecular weight excluding hydrogens is 170 g/mol. The highest BCUT2D eigenvalue weighted by molar-refractivity contribution is 4.72. The lowest BCUT2D eigenvalue weighted by Gasteiger charge is -2.27. The molecule has 1 nitrogen and oxygen atoms in total. The molecule has 1 N–H and O–H groups in total. The van der Waals surface area contributed by atoms with Crippen molar-refractivity contribution < 1.29 is 0 Å². The summed E-state index contributed by atoms with van der Waals surface area (Å²) in [6.07, 6.45) is 10.1. The molecule has 1 saturated carbocycles. The second-order valence-electron chi connectivity index (χ2n) is 4.83. The molecule has 0 unspecified atom stereocenters. The summed E-state index contributed by atoms with van der Waals surface area (Å²) < 4.78 is 0. The number of rotatable bonds is 6. The molecule has 0 aromatic heterocycles. The van der Waals surface area contributed by atoms with E-state index in [1.165, 1.54) is 58.0 Å². The normalized spacial score (nSPS) is 27.9. The zero-order valence-corrected chi connectivity index (χ0v) is 10.0. The van der Waals surface area contributed by atoms with Gasteiger partial charge in [-0.25, -0.2) is 0 Å². The van der Waals surface area contributed by atoms with Crippen LogP contribution in [0.2, 0.25) is 0 Å². The SMILES string of the molecule is CCCNCCC1CCC(CC)CC1. The Kier molecular flexibility index (Phi) is 6.25. The molecule has 0 aliphatic heterocycles. The van der Waals surface area contributed by atoms with Gasteiger partial charge in [0.1, 0.15) is 0 Å². The molecule has 0 atom stereocenters. The molecule has 1 aliphatic carbocycles. The van der Waals surface area contributed by atoms with Gasteiger partial charge in [0.25, 0.3) is 0 Å². The van der Waals surface area contributed by atoms with Gasteiger partial charge in [-0.05, 0) is 37.8 Å². The van der Waals surface area contributed by atoms with Gasteiger partial charge in [0, 0.05) is 0 Å². The molecule has 0 aromatic carbocycles. The van der Waals surface area contributed by atoms with Crippen molar-refractivity contribution in [2.75, 3.05) is 13.1 Å². The predicted molar refractivity (Wildman–Crippen MR) is 63.5 cm³/mol. The molecule has 0 aromatic rings. The topological polar surface area (TPSA) is 12.0 Å². The maximum Gasteiger partial charge on any atom is -0.00463 e. The van der Waals surface area contributed by atoms with Crippen LogP contribution >= 0.6 is 0 Å². The summed E-state index contributed by atoms with van der Waals surface area (Å²) in [4.78, 5) is 0. The van der Waals surface area contributed by atoms with E-state index in [1.54, 1.807) is 0 Å². The van der Waals surface area contributed by atoms with Gasteiger partial charge in [-0.3, -0.25) is 0 Å². The molecule has 0 amide bonds. The van der Waals surface area contributed by atoms with E-state index in [0.29, 0.717) is 0 Å². The molecule has 0 spiro atoms. The maximum absolute atomic E-state index is 3.51. The van der Waals surface area contributed by atoms with Crippen LogP contribution in [0.4, 0.5) is 0 Å². The van der Waals surface area contributed by atoms with Crippen molar-refractivity contribution in [2.24, 2.45) is 11.8 Å². The van der Waals surface area contributed by atoms with Crippen molar-refractivity contribution in [1.29, 1.82) is 0 Å². The number of hydrogen-bond donors (Lipinski definition) is 1. The van der Waals surface area contributed by atoms with Crippen LogP contribution in [0.5, 0.6) is 0 Å². The monoisotopic (exact) mass is 197 g/mol. The zero-order valence-electron chi connectivity index (χ0n) is 10.0. The molecule has 1 rings (SSSR count). The van der Waals surface area contributed by atoms with Crippen molar-refractivity contribution in [3.8, 4) is 0 Å². The number of hydrogen-bond acceptors (Lipinski definition) is 1. The zero-order chi connectivity index (χ0) is 10.2. The smallest absolute Gasteiger partial charge is 0.00463 e. The molecule has 0 saturated heterocycles. The van der Waals surface area contributed by atoms with Crippen molar-refractivity contribution in [1.82, 2.24) is 5.32 Å². The lowest BCUT2D eigenvalue weighted by Crippen LogP contribution is -2.21. The number of nitrogens with one attached hydrogen (secondary N) is 1. The molecule has 14 heavy (non-hydrogen) atoms. The van der Waals surface area contributed by atoms with E-state index in [9.17, 15) is 0 Å². The third-order valence-electron chi connectivity index (χ3n) is 3.70. The summed E-state index contributed by atoms with van der Waals surface area (Å²) in [7, 11) is 0. The first kappa shape index (κ1) is 12.0. The summed E-state index contributed by atoms with van der Waals surface area (Å²) in [5, 5.41) is 3.51. The van der Waals surface area contributed by atoms with Crippen molar-refractivity contribution in [2.45, 2.75) is 58.8 Å². The van der Waals surface area contributed by atoms with Crippen LogP contribution < -0.4 is 5.32 Å². The lowest BCUT2D eigenvalue weighted by molar-refractivity contribution is 0.257. The van der Waals surface area contributed by atoms with Crippen LogP contribution in [0.3, 0.4) is 0 Å². The second-order valence-corrected chi connectivity index (χ2v) is 4.83. The standard InChI is InChI=1S/C13H27N/c1-3-10-14-11-9-13-7-5-12(4-2)6-8-13/h12-14H,3-11H2,1-2H3. The minimum Gasteiger partial charge on any atom is -0.317 e. The average molecular weight is 197 g/mol. The summed E-state index contributed by atoms with van der Waals surface area (Å²) in [6, 6.07) is 0. The second kappa shape index (κ2) is 7.28. The van der Waals surface area contributed by atoms with Crippen LogP contribution in [0.15, 0.2) is 0 Å². The quantitative estimate of drug-likeness (QED) is 0.642. The van der Waals surface area contributed by atoms with Crippen LogP contribution in [-0.4, -0.2) is 13.1 Å². The molecule has 1 aliphatic rings. The van der Waals surface area contributed by atoms with E-state index in [1.807, 2.05) is 0 Å². The van der Waals surface area contributed by atoms with Gasteiger partial charge >= 0.3 is 0 Å².